The zero-order chi connectivity index (χ0) is 16.9. The molecular formula is C21H26NOP. The normalized spacial score (nSPS) is 18.5. The average Bonchev–Trinajstić information content (AvgIpc) is 3.06. The summed E-state index contributed by atoms with van der Waals surface area (Å²) in [6, 6.07) is 22.1. The molecule has 24 heavy (non-hydrogen) atoms. The first kappa shape index (κ1) is 17.2. The summed E-state index contributed by atoms with van der Waals surface area (Å²) in [7, 11) is -0.419. The van der Waals surface area contributed by atoms with Crippen LogP contribution in [0.15, 0.2) is 65.7 Å². The smallest absolute Gasteiger partial charge is 0.184 e. The maximum absolute atomic E-state index is 5.88. The number of hydrogen-bond donors (Lipinski definition) is 0. The summed E-state index contributed by atoms with van der Waals surface area (Å²) in [6.45, 7) is 7.50. The molecule has 2 atom stereocenters. The van der Waals surface area contributed by atoms with Crippen molar-refractivity contribution in [2.45, 2.75) is 38.9 Å². The van der Waals surface area contributed by atoms with E-state index in [4.69, 9.17) is 9.73 Å². The second-order valence-corrected chi connectivity index (χ2v) is 9.39. The van der Waals surface area contributed by atoms with E-state index in [1.165, 1.54) is 10.6 Å². The van der Waals surface area contributed by atoms with Gasteiger partial charge in [0.15, 0.2) is 5.90 Å². The first-order valence-electron chi connectivity index (χ1n) is 8.74. The molecule has 2 nitrogen and oxygen atoms in total. The van der Waals surface area contributed by atoms with Gasteiger partial charge in [-0.2, -0.15) is 0 Å². The van der Waals surface area contributed by atoms with E-state index in [1.54, 1.807) is 0 Å². The molecule has 1 aliphatic heterocycles. The van der Waals surface area contributed by atoms with E-state index in [-0.39, 0.29) is 0 Å². The molecule has 1 heterocycles. The van der Waals surface area contributed by atoms with Crippen molar-refractivity contribution >= 4 is 24.4 Å². The number of nitrogens with zero attached hydrogens (tertiary/aromatic N) is 1. The fourth-order valence-electron chi connectivity index (χ4n) is 3.07. The van der Waals surface area contributed by atoms with Crippen molar-refractivity contribution in [1.82, 2.24) is 0 Å². The van der Waals surface area contributed by atoms with E-state index in [2.05, 4.69) is 81.4 Å². The number of ether oxygens (including phenoxy) is 1. The van der Waals surface area contributed by atoms with E-state index in [1.807, 2.05) is 0 Å². The SMILES string of the molecule is CC(C)[C@H]1COC(C[C@@H](C)P(c2ccccc2)c2ccccc2)=N1. The largest absolute Gasteiger partial charge is 0.479 e. The molecule has 2 aromatic rings. The Morgan fingerprint density at radius 1 is 0.958 bits per heavy atom. The molecule has 0 aromatic heterocycles. The molecule has 2 aromatic carbocycles. The van der Waals surface area contributed by atoms with Crippen LogP contribution in [0, 0.1) is 5.92 Å². The summed E-state index contributed by atoms with van der Waals surface area (Å²) in [6.07, 6.45) is 0.915. The third-order valence-corrected chi connectivity index (χ3v) is 7.25. The monoisotopic (exact) mass is 339 g/mol. The third kappa shape index (κ3) is 4.05. The van der Waals surface area contributed by atoms with Gasteiger partial charge in [-0.3, -0.25) is 0 Å². The van der Waals surface area contributed by atoms with Crippen LogP contribution < -0.4 is 10.6 Å². The molecule has 0 saturated carbocycles. The Hall–Kier alpha value is -1.66. The van der Waals surface area contributed by atoms with Crippen LogP contribution in [0.25, 0.3) is 0 Å². The number of rotatable bonds is 6. The minimum Gasteiger partial charge on any atom is -0.479 e. The van der Waals surface area contributed by atoms with Crippen LogP contribution in [-0.2, 0) is 4.74 Å². The summed E-state index contributed by atoms with van der Waals surface area (Å²) in [4.78, 5) is 4.80. The highest BCUT2D eigenvalue weighted by Crippen LogP contribution is 2.41. The zero-order valence-corrected chi connectivity index (χ0v) is 15.6. The van der Waals surface area contributed by atoms with Gasteiger partial charge in [0.25, 0.3) is 0 Å². The highest BCUT2D eigenvalue weighted by atomic mass is 31.1. The highest BCUT2D eigenvalue weighted by molar-refractivity contribution is 7.73. The second kappa shape index (κ2) is 7.94. The Bertz CT molecular complexity index is 629. The van der Waals surface area contributed by atoms with E-state index >= 15 is 0 Å². The average molecular weight is 339 g/mol. The quantitative estimate of drug-likeness (QED) is 0.717. The maximum atomic E-state index is 5.88. The molecule has 3 heteroatoms. The molecule has 0 aliphatic carbocycles. The minimum atomic E-state index is -0.419. The van der Waals surface area contributed by atoms with Crippen LogP contribution in [0.2, 0.25) is 0 Å². The van der Waals surface area contributed by atoms with Crippen molar-refractivity contribution in [3.05, 3.63) is 60.7 Å². The van der Waals surface area contributed by atoms with Crippen LogP contribution in [0.1, 0.15) is 27.2 Å². The number of aliphatic imine (C=N–C) groups is 1. The first-order valence-corrected chi connectivity index (χ1v) is 10.1. The lowest BCUT2D eigenvalue weighted by molar-refractivity contribution is 0.286. The molecule has 0 fully saturated rings. The van der Waals surface area contributed by atoms with Gasteiger partial charge in [-0.25, -0.2) is 4.99 Å². The van der Waals surface area contributed by atoms with Crippen molar-refractivity contribution in [3.63, 3.8) is 0 Å². The molecule has 3 rings (SSSR count). The van der Waals surface area contributed by atoms with E-state index in [0.29, 0.717) is 17.6 Å². The molecule has 126 valence electrons. The van der Waals surface area contributed by atoms with Crippen LogP contribution >= 0.6 is 7.92 Å². The van der Waals surface area contributed by atoms with Crippen molar-refractivity contribution in [1.29, 1.82) is 0 Å². The fourth-order valence-corrected chi connectivity index (χ4v) is 5.71. The highest BCUT2D eigenvalue weighted by Gasteiger charge is 2.27. The van der Waals surface area contributed by atoms with Crippen LogP contribution in [0.3, 0.4) is 0 Å². The van der Waals surface area contributed by atoms with Gasteiger partial charge in [0.05, 0.1) is 6.04 Å². The molecule has 0 saturated heterocycles. The molecule has 0 amide bonds. The molecular weight excluding hydrogens is 313 g/mol. The predicted molar refractivity (Wildman–Crippen MR) is 105 cm³/mol. The van der Waals surface area contributed by atoms with Crippen molar-refractivity contribution in [2.75, 3.05) is 6.61 Å². The third-order valence-electron chi connectivity index (χ3n) is 4.48. The summed E-state index contributed by atoms with van der Waals surface area (Å²) in [5.74, 6) is 1.49. The van der Waals surface area contributed by atoms with Gasteiger partial charge >= 0.3 is 0 Å². The Morgan fingerprint density at radius 3 is 1.96 bits per heavy atom. The Labute approximate surface area is 146 Å². The lowest BCUT2D eigenvalue weighted by Gasteiger charge is -2.25. The van der Waals surface area contributed by atoms with Crippen LogP contribution in [0.5, 0.6) is 0 Å². The first-order chi connectivity index (χ1) is 11.6. The molecule has 0 N–H and O–H groups in total. The topological polar surface area (TPSA) is 21.6 Å². The molecule has 1 aliphatic rings. The summed E-state index contributed by atoms with van der Waals surface area (Å²) in [5, 5.41) is 2.84. The Kier molecular flexibility index (Phi) is 5.68. The van der Waals surface area contributed by atoms with Gasteiger partial charge in [0.2, 0.25) is 0 Å². The van der Waals surface area contributed by atoms with E-state index in [9.17, 15) is 0 Å². The fraction of sp³-hybridized carbons (Fsp3) is 0.381. The predicted octanol–water partition coefficient (Wildman–Crippen LogP) is 4.35. The lowest BCUT2D eigenvalue weighted by Crippen LogP contribution is -2.22. The standard InChI is InChI=1S/C21H26NOP/c1-16(2)20-15-23-21(22-20)14-17(3)24(18-10-6-4-7-11-18)19-12-8-5-9-13-19/h4-13,16-17,20H,14-15H2,1-3H3/t17-,20-/m1/s1. The van der Waals surface area contributed by atoms with E-state index in [0.717, 1.165) is 18.9 Å². The summed E-state index contributed by atoms with van der Waals surface area (Å²) in [5.41, 5.74) is 0.495. The van der Waals surface area contributed by atoms with Crippen LogP contribution in [-0.4, -0.2) is 24.2 Å². The summed E-state index contributed by atoms with van der Waals surface area (Å²) < 4.78 is 5.88. The molecule has 0 unspecified atom stereocenters. The molecule has 0 bridgehead atoms. The minimum absolute atomic E-state index is 0.326. The van der Waals surface area contributed by atoms with Crippen molar-refractivity contribution < 1.29 is 4.74 Å². The van der Waals surface area contributed by atoms with Crippen molar-refractivity contribution in [3.8, 4) is 0 Å². The van der Waals surface area contributed by atoms with Gasteiger partial charge in [-0.05, 0) is 30.1 Å². The van der Waals surface area contributed by atoms with Crippen molar-refractivity contribution in [2.24, 2.45) is 10.9 Å². The van der Waals surface area contributed by atoms with E-state index < -0.39 is 7.92 Å². The summed E-state index contributed by atoms with van der Waals surface area (Å²) >= 11 is 0. The molecule has 0 radical (unpaired) electrons. The van der Waals surface area contributed by atoms with Gasteiger partial charge in [-0.1, -0.05) is 81.4 Å². The van der Waals surface area contributed by atoms with Gasteiger partial charge in [0.1, 0.15) is 6.61 Å². The maximum Gasteiger partial charge on any atom is 0.184 e. The Morgan fingerprint density at radius 2 is 1.50 bits per heavy atom. The van der Waals surface area contributed by atoms with Crippen LogP contribution in [0.4, 0.5) is 0 Å². The zero-order valence-electron chi connectivity index (χ0n) is 14.7. The second-order valence-electron chi connectivity index (χ2n) is 6.74. The molecule has 0 spiro atoms. The van der Waals surface area contributed by atoms with Gasteiger partial charge in [-0.15, -0.1) is 0 Å². The van der Waals surface area contributed by atoms with Gasteiger partial charge < -0.3 is 4.74 Å². The number of benzene rings is 2. The van der Waals surface area contributed by atoms with Gasteiger partial charge in [0, 0.05) is 6.42 Å². The Balaban J connectivity index is 1.82. The number of hydrogen-bond acceptors (Lipinski definition) is 2. The lowest BCUT2D eigenvalue weighted by atomic mass is 10.1.